The lowest BCUT2D eigenvalue weighted by atomic mass is 10.1. The molecule has 1 N–H and O–H groups in total. The highest BCUT2D eigenvalue weighted by molar-refractivity contribution is 5.76. The Morgan fingerprint density at radius 1 is 1.58 bits per heavy atom. The number of carbonyl (C=O) groups excluding carboxylic acids is 1. The lowest BCUT2D eigenvalue weighted by Gasteiger charge is -2.08. The van der Waals surface area contributed by atoms with Crippen molar-refractivity contribution in [1.82, 2.24) is 5.32 Å². The molecule has 2 heteroatoms. The first-order valence-electron chi connectivity index (χ1n) is 4.47. The fourth-order valence-electron chi connectivity index (χ4n) is 0.782. The van der Waals surface area contributed by atoms with E-state index in [-0.39, 0.29) is 5.91 Å². The number of amides is 1. The molecule has 0 rings (SSSR count). The Hall–Kier alpha value is -0.790. The highest BCUT2D eigenvalue weighted by atomic mass is 16.1. The third kappa shape index (κ3) is 5.96. The Morgan fingerprint density at radius 2 is 2.17 bits per heavy atom. The van der Waals surface area contributed by atoms with E-state index in [4.69, 9.17) is 0 Å². The summed E-state index contributed by atoms with van der Waals surface area (Å²) < 4.78 is 0. The molecule has 1 amide bonds. The molecule has 0 aromatic carbocycles. The van der Waals surface area contributed by atoms with Crippen LogP contribution in [0.15, 0.2) is 12.2 Å². The maximum Gasteiger partial charge on any atom is 0.220 e. The highest BCUT2D eigenvalue weighted by Crippen LogP contribution is 2.05. The molecule has 1 atom stereocenters. The predicted molar refractivity (Wildman–Crippen MR) is 51.9 cm³/mol. The van der Waals surface area contributed by atoms with Crippen molar-refractivity contribution < 1.29 is 4.79 Å². The topological polar surface area (TPSA) is 29.1 Å². The van der Waals surface area contributed by atoms with E-state index in [1.165, 1.54) is 0 Å². The summed E-state index contributed by atoms with van der Waals surface area (Å²) in [5, 5.41) is 2.81. The molecule has 0 radical (unpaired) electrons. The fraction of sp³-hybridized carbons (Fsp3) is 0.700. The number of rotatable bonds is 5. The molecule has 0 aromatic rings. The van der Waals surface area contributed by atoms with Gasteiger partial charge in [-0.1, -0.05) is 32.4 Å². The molecule has 0 aromatic heterocycles. The molecular formula is C10H19NO. The standard InChI is InChI=1S/C10H19NO/c1-5-9(4)6-10(12)11-7-8(2)3/h9H,2,5-7H2,1,3-4H3,(H,11,12). The van der Waals surface area contributed by atoms with Gasteiger partial charge in [-0.2, -0.15) is 0 Å². The van der Waals surface area contributed by atoms with Gasteiger partial charge in [0.1, 0.15) is 0 Å². The lowest BCUT2D eigenvalue weighted by molar-refractivity contribution is -0.121. The van der Waals surface area contributed by atoms with Gasteiger partial charge in [0.05, 0.1) is 0 Å². The Balaban J connectivity index is 3.53. The molecule has 0 fully saturated rings. The van der Waals surface area contributed by atoms with Crippen LogP contribution in [-0.4, -0.2) is 12.5 Å². The van der Waals surface area contributed by atoms with E-state index in [2.05, 4.69) is 25.7 Å². The van der Waals surface area contributed by atoms with E-state index in [0.717, 1.165) is 12.0 Å². The molecule has 12 heavy (non-hydrogen) atoms. The molecule has 0 aliphatic carbocycles. The van der Waals surface area contributed by atoms with Gasteiger partial charge in [0.25, 0.3) is 0 Å². The van der Waals surface area contributed by atoms with Crippen molar-refractivity contribution in [3.63, 3.8) is 0 Å². The first-order valence-corrected chi connectivity index (χ1v) is 4.47. The predicted octanol–water partition coefficient (Wildman–Crippen LogP) is 2.11. The van der Waals surface area contributed by atoms with Crippen LogP contribution in [0.1, 0.15) is 33.6 Å². The SMILES string of the molecule is C=C(C)CNC(=O)CC(C)CC. The number of hydrogen-bond acceptors (Lipinski definition) is 1. The minimum absolute atomic E-state index is 0.132. The zero-order valence-corrected chi connectivity index (χ0v) is 8.31. The van der Waals surface area contributed by atoms with Crippen molar-refractivity contribution in [3.05, 3.63) is 12.2 Å². The van der Waals surface area contributed by atoms with Crippen LogP contribution in [0.4, 0.5) is 0 Å². The maximum absolute atomic E-state index is 11.2. The second-order valence-corrected chi connectivity index (χ2v) is 3.45. The third-order valence-corrected chi connectivity index (χ3v) is 1.82. The van der Waals surface area contributed by atoms with Crippen molar-refractivity contribution in [2.24, 2.45) is 5.92 Å². The Labute approximate surface area is 75.0 Å². The minimum atomic E-state index is 0.132. The van der Waals surface area contributed by atoms with E-state index in [1.807, 2.05) is 6.92 Å². The van der Waals surface area contributed by atoms with E-state index in [9.17, 15) is 4.79 Å². The van der Waals surface area contributed by atoms with Crippen LogP contribution in [0.25, 0.3) is 0 Å². The van der Waals surface area contributed by atoms with Gasteiger partial charge in [0.2, 0.25) is 5.91 Å². The first-order chi connectivity index (χ1) is 5.56. The van der Waals surface area contributed by atoms with Crippen LogP contribution < -0.4 is 5.32 Å². The van der Waals surface area contributed by atoms with Crippen LogP contribution >= 0.6 is 0 Å². The summed E-state index contributed by atoms with van der Waals surface area (Å²) in [6.45, 7) is 10.4. The number of nitrogens with one attached hydrogen (secondary N) is 1. The molecule has 2 nitrogen and oxygen atoms in total. The van der Waals surface area contributed by atoms with Crippen molar-refractivity contribution in [1.29, 1.82) is 0 Å². The number of carbonyl (C=O) groups is 1. The monoisotopic (exact) mass is 169 g/mol. The van der Waals surface area contributed by atoms with Gasteiger partial charge in [-0.05, 0) is 12.8 Å². The van der Waals surface area contributed by atoms with E-state index < -0.39 is 0 Å². The first kappa shape index (κ1) is 11.2. The van der Waals surface area contributed by atoms with Crippen LogP contribution in [0.5, 0.6) is 0 Å². The second-order valence-electron chi connectivity index (χ2n) is 3.45. The van der Waals surface area contributed by atoms with Gasteiger partial charge in [0, 0.05) is 13.0 Å². The van der Waals surface area contributed by atoms with Crippen LogP contribution in [0, 0.1) is 5.92 Å². The van der Waals surface area contributed by atoms with Gasteiger partial charge in [-0.25, -0.2) is 0 Å². The normalized spacial score (nSPS) is 12.2. The molecule has 0 aliphatic rings. The highest BCUT2D eigenvalue weighted by Gasteiger charge is 2.05. The van der Waals surface area contributed by atoms with Gasteiger partial charge in [0.15, 0.2) is 0 Å². The molecule has 1 unspecified atom stereocenters. The van der Waals surface area contributed by atoms with E-state index >= 15 is 0 Å². The van der Waals surface area contributed by atoms with Crippen molar-refractivity contribution in [3.8, 4) is 0 Å². The third-order valence-electron chi connectivity index (χ3n) is 1.82. The fourth-order valence-corrected chi connectivity index (χ4v) is 0.782. The van der Waals surface area contributed by atoms with Gasteiger partial charge in [-0.3, -0.25) is 4.79 Å². The lowest BCUT2D eigenvalue weighted by Crippen LogP contribution is -2.26. The molecule has 0 spiro atoms. The molecule has 0 aliphatic heterocycles. The summed E-state index contributed by atoms with van der Waals surface area (Å²) in [7, 11) is 0. The number of hydrogen-bond donors (Lipinski definition) is 1. The van der Waals surface area contributed by atoms with Crippen molar-refractivity contribution in [2.45, 2.75) is 33.6 Å². The quantitative estimate of drug-likeness (QED) is 0.627. The summed E-state index contributed by atoms with van der Waals surface area (Å²) in [6, 6.07) is 0. The van der Waals surface area contributed by atoms with Crippen molar-refractivity contribution in [2.75, 3.05) is 6.54 Å². The summed E-state index contributed by atoms with van der Waals surface area (Å²) in [4.78, 5) is 11.2. The average molecular weight is 169 g/mol. The largest absolute Gasteiger partial charge is 0.352 e. The van der Waals surface area contributed by atoms with Crippen molar-refractivity contribution >= 4 is 5.91 Å². The minimum Gasteiger partial charge on any atom is -0.352 e. The van der Waals surface area contributed by atoms with Crippen LogP contribution in [0.3, 0.4) is 0 Å². The Kier molecular flexibility index (Phi) is 5.43. The van der Waals surface area contributed by atoms with Gasteiger partial charge >= 0.3 is 0 Å². The maximum atomic E-state index is 11.2. The zero-order valence-electron chi connectivity index (χ0n) is 8.31. The molecule has 0 heterocycles. The molecule has 70 valence electrons. The Morgan fingerprint density at radius 3 is 2.58 bits per heavy atom. The van der Waals surface area contributed by atoms with E-state index in [0.29, 0.717) is 18.9 Å². The zero-order chi connectivity index (χ0) is 9.56. The molecule has 0 bridgehead atoms. The summed E-state index contributed by atoms with van der Waals surface area (Å²) in [5.41, 5.74) is 0.993. The van der Waals surface area contributed by atoms with Gasteiger partial charge < -0.3 is 5.32 Å². The molecule has 0 saturated heterocycles. The summed E-state index contributed by atoms with van der Waals surface area (Å²) in [5.74, 6) is 0.613. The molecule has 0 saturated carbocycles. The van der Waals surface area contributed by atoms with Crippen LogP contribution in [0.2, 0.25) is 0 Å². The Bertz CT molecular complexity index is 163. The van der Waals surface area contributed by atoms with Crippen LogP contribution in [-0.2, 0) is 4.79 Å². The second kappa shape index (κ2) is 5.81. The molecular weight excluding hydrogens is 150 g/mol. The summed E-state index contributed by atoms with van der Waals surface area (Å²) in [6.07, 6.45) is 1.68. The smallest absolute Gasteiger partial charge is 0.220 e. The van der Waals surface area contributed by atoms with Gasteiger partial charge in [-0.15, -0.1) is 0 Å². The van der Waals surface area contributed by atoms with E-state index in [1.54, 1.807) is 0 Å². The average Bonchev–Trinajstić information content (AvgIpc) is 2.00. The summed E-state index contributed by atoms with van der Waals surface area (Å²) >= 11 is 0.